The van der Waals surface area contributed by atoms with Crippen LogP contribution in [0.1, 0.15) is 48.9 Å². The summed E-state index contributed by atoms with van der Waals surface area (Å²) in [5.74, 6) is 0.623. The topological polar surface area (TPSA) is 53.4 Å². The molecule has 1 aromatic rings. The van der Waals surface area contributed by atoms with Crippen molar-refractivity contribution in [3.05, 3.63) is 24.0 Å². The van der Waals surface area contributed by atoms with Crippen LogP contribution in [0.15, 0.2) is 18.5 Å². The molecule has 0 bridgehead atoms. The molecule has 0 radical (unpaired) electrons. The third-order valence-corrected chi connectivity index (χ3v) is 4.53. The van der Waals surface area contributed by atoms with Crippen molar-refractivity contribution in [3.63, 3.8) is 0 Å². The van der Waals surface area contributed by atoms with Gasteiger partial charge >= 0.3 is 0 Å². The van der Waals surface area contributed by atoms with Gasteiger partial charge in [-0.25, -0.2) is 0 Å². The van der Waals surface area contributed by atoms with E-state index >= 15 is 0 Å². The van der Waals surface area contributed by atoms with Gasteiger partial charge in [-0.05, 0) is 37.7 Å². The number of hydrogen-bond donors (Lipinski definition) is 1. The molecule has 1 aliphatic carbocycles. The number of hydrogen-bond acceptors (Lipinski definition) is 3. The van der Waals surface area contributed by atoms with Gasteiger partial charge in [-0.2, -0.15) is 0 Å². The average molecular weight is 260 g/mol. The van der Waals surface area contributed by atoms with E-state index in [1.807, 2.05) is 4.90 Å². The Balaban J connectivity index is 1.84. The van der Waals surface area contributed by atoms with Crippen LogP contribution in [0.3, 0.4) is 0 Å². The Labute approximate surface area is 113 Å². The maximum atomic E-state index is 12.6. The number of rotatable bonds is 1. The number of aromatic nitrogens is 1. The normalized spacial score (nSPS) is 26.8. The molecule has 1 N–H and O–H groups in total. The smallest absolute Gasteiger partial charge is 0.257 e. The average Bonchev–Trinajstić information content (AvgIpc) is 2.46. The molecular weight excluding hydrogens is 240 g/mol. The second-order valence-corrected chi connectivity index (χ2v) is 5.65. The van der Waals surface area contributed by atoms with Crippen LogP contribution in [-0.2, 0) is 0 Å². The van der Waals surface area contributed by atoms with E-state index < -0.39 is 0 Å². The predicted octanol–water partition coefficient (Wildman–Crippen LogP) is 2.58. The van der Waals surface area contributed by atoms with Crippen molar-refractivity contribution in [3.8, 4) is 5.75 Å². The minimum absolute atomic E-state index is 0.00886. The van der Waals surface area contributed by atoms with Crippen LogP contribution in [0, 0.1) is 5.92 Å². The number of aromatic hydroxyl groups is 1. The molecule has 4 nitrogen and oxygen atoms in total. The summed E-state index contributed by atoms with van der Waals surface area (Å²) in [5.41, 5.74) is 0.390. The Morgan fingerprint density at radius 2 is 2.05 bits per heavy atom. The van der Waals surface area contributed by atoms with Crippen molar-refractivity contribution in [2.45, 2.75) is 44.6 Å². The van der Waals surface area contributed by atoms with E-state index in [0.717, 1.165) is 19.4 Å². The lowest BCUT2D eigenvalue weighted by molar-refractivity contribution is 0.0388. The summed E-state index contributed by atoms with van der Waals surface area (Å²) < 4.78 is 0. The lowest BCUT2D eigenvalue weighted by Crippen LogP contribution is -2.49. The monoisotopic (exact) mass is 260 g/mol. The van der Waals surface area contributed by atoms with E-state index in [2.05, 4.69) is 4.98 Å². The molecule has 3 rings (SSSR count). The molecule has 0 aromatic carbocycles. The first-order valence-corrected chi connectivity index (χ1v) is 7.21. The first-order valence-electron chi connectivity index (χ1n) is 7.21. The minimum Gasteiger partial charge on any atom is -0.505 e. The molecule has 1 aromatic heterocycles. The fourth-order valence-corrected chi connectivity index (χ4v) is 3.60. The van der Waals surface area contributed by atoms with E-state index in [-0.39, 0.29) is 11.7 Å². The van der Waals surface area contributed by atoms with Gasteiger partial charge in [0.15, 0.2) is 0 Å². The van der Waals surface area contributed by atoms with Gasteiger partial charge in [-0.1, -0.05) is 12.8 Å². The molecule has 1 aliphatic heterocycles. The van der Waals surface area contributed by atoms with Gasteiger partial charge in [0, 0.05) is 18.8 Å². The highest BCUT2D eigenvalue weighted by Gasteiger charge is 2.36. The largest absolute Gasteiger partial charge is 0.505 e. The van der Waals surface area contributed by atoms with E-state index in [4.69, 9.17) is 0 Å². The zero-order valence-electron chi connectivity index (χ0n) is 11.1. The van der Waals surface area contributed by atoms with Gasteiger partial charge in [0.1, 0.15) is 5.75 Å². The molecule has 2 heterocycles. The zero-order valence-corrected chi connectivity index (χ0v) is 11.1. The molecule has 0 unspecified atom stereocenters. The minimum atomic E-state index is -0.0310. The number of carbonyl (C=O) groups excluding carboxylic acids is 1. The lowest BCUT2D eigenvalue weighted by atomic mass is 9.78. The van der Waals surface area contributed by atoms with Crippen molar-refractivity contribution >= 4 is 5.91 Å². The highest BCUT2D eigenvalue weighted by Crippen LogP contribution is 2.36. The summed E-state index contributed by atoms with van der Waals surface area (Å²) in [6.45, 7) is 0.821. The van der Waals surface area contributed by atoms with Crippen LogP contribution < -0.4 is 0 Å². The molecule has 4 heteroatoms. The van der Waals surface area contributed by atoms with Crippen molar-refractivity contribution < 1.29 is 9.90 Å². The molecule has 1 amide bonds. The summed E-state index contributed by atoms with van der Waals surface area (Å²) in [6.07, 6.45) is 10.1. The van der Waals surface area contributed by atoms with Gasteiger partial charge in [0.05, 0.1) is 11.8 Å². The second kappa shape index (κ2) is 5.19. The quantitative estimate of drug-likeness (QED) is 0.844. The standard InChI is InChI=1S/C15H20N2O2/c18-14-10-16-8-7-12(14)15(19)17-9-3-5-11-4-1-2-6-13(11)17/h7-8,10-11,13,18H,1-6,9H2/t11-,13-/m1/s1. The summed E-state index contributed by atoms with van der Waals surface area (Å²) in [6, 6.07) is 1.99. The number of amides is 1. The highest BCUT2D eigenvalue weighted by molar-refractivity contribution is 5.96. The Hall–Kier alpha value is -1.58. The Kier molecular flexibility index (Phi) is 3.40. The van der Waals surface area contributed by atoms with Gasteiger partial charge in [0.2, 0.25) is 0 Å². The van der Waals surface area contributed by atoms with E-state index in [9.17, 15) is 9.90 Å². The van der Waals surface area contributed by atoms with Crippen LogP contribution in [0.25, 0.3) is 0 Å². The van der Waals surface area contributed by atoms with E-state index in [1.54, 1.807) is 12.3 Å². The first-order chi connectivity index (χ1) is 9.27. The fraction of sp³-hybridized carbons (Fsp3) is 0.600. The third kappa shape index (κ3) is 2.31. The van der Waals surface area contributed by atoms with Crippen molar-refractivity contribution in [1.82, 2.24) is 9.88 Å². The number of piperidine rings is 1. The van der Waals surface area contributed by atoms with Crippen molar-refractivity contribution in [1.29, 1.82) is 0 Å². The Morgan fingerprint density at radius 1 is 1.26 bits per heavy atom. The molecule has 2 aliphatic rings. The SMILES string of the molecule is O=C(c1ccncc1O)N1CCC[C@H]2CCCC[C@H]21. The van der Waals surface area contributed by atoms with Gasteiger partial charge < -0.3 is 10.0 Å². The highest BCUT2D eigenvalue weighted by atomic mass is 16.3. The molecule has 2 fully saturated rings. The molecular formula is C15H20N2O2. The number of carbonyl (C=O) groups is 1. The van der Waals surface area contributed by atoms with Gasteiger partial charge in [0.25, 0.3) is 5.91 Å². The maximum Gasteiger partial charge on any atom is 0.257 e. The number of nitrogens with zero attached hydrogens (tertiary/aromatic N) is 2. The Morgan fingerprint density at radius 3 is 2.89 bits per heavy atom. The Bertz CT molecular complexity index is 473. The molecule has 0 spiro atoms. The lowest BCUT2D eigenvalue weighted by Gasteiger charge is -2.44. The predicted molar refractivity (Wildman–Crippen MR) is 71.9 cm³/mol. The summed E-state index contributed by atoms with van der Waals surface area (Å²) in [5, 5.41) is 9.80. The van der Waals surface area contributed by atoms with Crippen LogP contribution in [0.5, 0.6) is 5.75 Å². The van der Waals surface area contributed by atoms with Crippen LogP contribution >= 0.6 is 0 Å². The van der Waals surface area contributed by atoms with Gasteiger partial charge in [-0.3, -0.25) is 9.78 Å². The first kappa shape index (κ1) is 12.5. The summed E-state index contributed by atoms with van der Waals surface area (Å²) in [7, 11) is 0. The molecule has 1 saturated carbocycles. The molecule has 1 saturated heterocycles. The number of fused-ring (bicyclic) bond motifs is 1. The summed E-state index contributed by atoms with van der Waals surface area (Å²) >= 11 is 0. The fourth-order valence-electron chi connectivity index (χ4n) is 3.60. The van der Waals surface area contributed by atoms with Crippen LogP contribution in [0.4, 0.5) is 0 Å². The molecule has 19 heavy (non-hydrogen) atoms. The maximum absolute atomic E-state index is 12.6. The van der Waals surface area contributed by atoms with Crippen molar-refractivity contribution in [2.24, 2.45) is 5.92 Å². The number of pyridine rings is 1. The van der Waals surface area contributed by atoms with E-state index in [1.165, 1.54) is 31.9 Å². The molecule has 102 valence electrons. The van der Waals surface area contributed by atoms with Crippen LogP contribution in [-0.4, -0.2) is 33.5 Å². The third-order valence-electron chi connectivity index (χ3n) is 4.53. The number of likely N-dealkylation sites (tertiary alicyclic amines) is 1. The van der Waals surface area contributed by atoms with Crippen LogP contribution in [0.2, 0.25) is 0 Å². The van der Waals surface area contributed by atoms with Gasteiger partial charge in [-0.15, -0.1) is 0 Å². The molecule has 2 atom stereocenters. The second-order valence-electron chi connectivity index (χ2n) is 5.65. The summed E-state index contributed by atoms with van der Waals surface area (Å²) in [4.78, 5) is 18.4. The van der Waals surface area contributed by atoms with E-state index in [0.29, 0.717) is 17.5 Å². The van der Waals surface area contributed by atoms with Crippen molar-refractivity contribution in [2.75, 3.05) is 6.54 Å². The zero-order chi connectivity index (χ0) is 13.2.